The number of hydrogen-bond acceptors (Lipinski definition) is 7. The summed E-state index contributed by atoms with van der Waals surface area (Å²) in [5.74, 6) is -1.74. The van der Waals surface area contributed by atoms with E-state index in [2.05, 4.69) is 4.98 Å². The standard InChI is InChI=1S/C28H18Cl2N2O5S/c1-13-4-3-5-14(8-13)23-22(24(33)19-10-15-9-17(30)11-20(36-2)26(15)37-19)25(34)27(35)32(23)28-31-18-7-6-16(29)12-21(18)38-28/h3-12,23,34H,1-2H3. The number of hydrogen-bond donors (Lipinski definition) is 1. The number of benzene rings is 3. The Bertz CT molecular complexity index is 1820. The smallest absolute Gasteiger partial charge is 0.296 e. The summed E-state index contributed by atoms with van der Waals surface area (Å²) < 4.78 is 12.0. The third-order valence-corrected chi connectivity index (χ3v) is 7.82. The second kappa shape index (κ2) is 9.16. The molecule has 1 amide bonds. The van der Waals surface area contributed by atoms with Crippen LogP contribution in [0.4, 0.5) is 5.13 Å². The Morgan fingerprint density at radius 2 is 1.92 bits per heavy atom. The Hall–Kier alpha value is -3.85. The molecule has 1 atom stereocenters. The van der Waals surface area contributed by atoms with Crippen LogP contribution in [0, 0.1) is 6.92 Å². The molecule has 1 aliphatic rings. The molecular formula is C28H18Cl2N2O5S. The molecule has 3 heterocycles. The molecule has 0 bridgehead atoms. The zero-order chi connectivity index (χ0) is 26.7. The number of carbonyl (C=O) groups is 2. The first kappa shape index (κ1) is 24.5. The summed E-state index contributed by atoms with van der Waals surface area (Å²) in [5, 5.41) is 12.9. The van der Waals surface area contributed by atoms with E-state index in [1.165, 1.54) is 29.4 Å². The Morgan fingerprint density at radius 3 is 2.68 bits per heavy atom. The molecule has 190 valence electrons. The van der Waals surface area contributed by atoms with E-state index < -0.39 is 23.5 Å². The number of rotatable bonds is 5. The summed E-state index contributed by atoms with van der Waals surface area (Å²) in [7, 11) is 1.47. The highest BCUT2D eigenvalue weighted by molar-refractivity contribution is 7.22. The van der Waals surface area contributed by atoms with Crippen LogP contribution in [0.2, 0.25) is 10.0 Å². The number of thiazole rings is 1. The molecule has 0 fully saturated rings. The number of aryl methyl sites for hydroxylation is 1. The number of aliphatic hydroxyl groups is 1. The summed E-state index contributed by atoms with van der Waals surface area (Å²) in [5.41, 5.74) is 2.43. The maximum absolute atomic E-state index is 13.9. The zero-order valence-electron chi connectivity index (χ0n) is 20.0. The van der Waals surface area contributed by atoms with Crippen molar-refractivity contribution >= 4 is 72.5 Å². The topological polar surface area (TPSA) is 92.9 Å². The number of nitrogens with zero attached hydrogens (tertiary/aromatic N) is 2. The van der Waals surface area contributed by atoms with Crippen LogP contribution in [0.5, 0.6) is 5.75 Å². The number of amides is 1. The van der Waals surface area contributed by atoms with E-state index in [1.807, 2.05) is 25.1 Å². The fourth-order valence-corrected chi connectivity index (χ4v) is 6.15. The minimum absolute atomic E-state index is 0.0644. The van der Waals surface area contributed by atoms with Gasteiger partial charge in [0.25, 0.3) is 5.91 Å². The Balaban J connectivity index is 1.52. The highest BCUT2D eigenvalue weighted by atomic mass is 35.5. The molecule has 1 N–H and O–H groups in total. The lowest BCUT2D eigenvalue weighted by Gasteiger charge is -2.24. The van der Waals surface area contributed by atoms with E-state index in [1.54, 1.807) is 36.4 Å². The number of methoxy groups -OCH3 is 1. The molecule has 6 rings (SSSR count). The van der Waals surface area contributed by atoms with Gasteiger partial charge >= 0.3 is 0 Å². The van der Waals surface area contributed by atoms with Gasteiger partial charge in [0.15, 0.2) is 28.0 Å². The van der Waals surface area contributed by atoms with Crippen LogP contribution < -0.4 is 9.64 Å². The number of furan rings is 1. The quantitative estimate of drug-likeness (QED) is 0.223. The monoisotopic (exact) mass is 564 g/mol. The fourth-order valence-electron chi connectivity index (χ4n) is 4.66. The van der Waals surface area contributed by atoms with Gasteiger partial charge in [-0.25, -0.2) is 4.98 Å². The number of fused-ring (bicyclic) bond motifs is 2. The van der Waals surface area contributed by atoms with E-state index in [0.717, 1.165) is 10.3 Å². The Kier molecular flexibility index (Phi) is 5.90. The number of Topliss-reactive ketones (excluding diaryl/α,β-unsaturated/α-hetero) is 1. The summed E-state index contributed by atoms with van der Waals surface area (Å²) in [6, 6.07) is 16.4. The third-order valence-electron chi connectivity index (χ3n) is 6.35. The second-order valence-electron chi connectivity index (χ2n) is 8.83. The van der Waals surface area contributed by atoms with Crippen molar-refractivity contribution in [3.63, 3.8) is 0 Å². The third kappa shape index (κ3) is 3.93. The van der Waals surface area contributed by atoms with Gasteiger partial charge in [-0.1, -0.05) is 64.4 Å². The number of anilines is 1. The molecule has 1 aliphatic heterocycles. The molecule has 0 aliphatic carbocycles. The first-order valence-corrected chi connectivity index (χ1v) is 13.0. The number of ketones is 1. The predicted molar refractivity (Wildman–Crippen MR) is 148 cm³/mol. The average molecular weight is 565 g/mol. The van der Waals surface area contributed by atoms with Crippen LogP contribution in [0.3, 0.4) is 0 Å². The van der Waals surface area contributed by atoms with Gasteiger partial charge < -0.3 is 14.3 Å². The van der Waals surface area contributed by atoms with E-state index in [-0.39, 0.29) is 11.3 Å². The van der Waals surface area contributed by atoms with Gasteiger partial charge in [-0.3, -0.25) is 14.5 Å². The van der Waals surface area contributed by atoms with Gasteiger partial charge in [-0.15, -0.1) is 0 Å². The number of halogens is 2. The lowest BCUT2D eigenvalue weighted by molar-refractivity contribution is -0.117. The molecular weight excluding hydrogens is 547 g/mol. The van der Waals surface area contributed by atoms with E-state index in [4.69, 9.17) is 32.4 Å². The van der Waals surface area contributed by atoms with Gasteiger partial charge in [0.05, 0.1) is 28.9 Å². The van der Waals surface area contributed by atoms with Gasteiger partial charge in [-0.05, 0) is 42.8 Å². The van der Waals surface area contributed by atoms with E-state index in [9.17, 15) is 14.7 Å². The van der Waals surface area contributed by atoms with Crippen molar-refractivity contribution < 1.29 is 23.8 Å². The predicted octanol–water partition coefficient (Wildman–Crippen LogP) is 7.45. The minimum atomic E-state index is -0.940. The van der Waals surface area contributed by atoms with Gasteiger partial charge in [0, 0.05) is 21.5 Å². The largest absolute Gasteiger partial charge is 0.503 e. The normalized spacial score (nSPS) is 15.7. The van der Waals surface area contributed by atoms with Gasteiger partial charge in [0.1, 0.15) is 0 Å². The number of aromatic nitrogens is 1. The first-order chi connectivity index (χ1) is 18.2. The summed E-state index contributed by atoms with van der Waals surface area (Å²) >= 11 is 13.6. The van der Waals surface area contributed by atoms with Crippen LogP contribution in [0.1, 0.15) is 27.7 Å². The molecule has 3 aromatic carbocycles. The number of ether oxygens (including phenoxy) is 1. The molecule has 2 aromatic heterocycles. The minimum Gasteiger partial charge on any atom is -0.503 e. The van der Waals surface area contributed by atoms with Crippen molar-refractivity contribution in [2.24, 2.45) is 0 Å². The second-order valence-corrected chi connectivity index (χ2v) is 10.7. The number of carbonyl (C=O) groups excluding carboxylic acids is 2. The van der Waals surface area contributed by atoms with Crippen molar-refractivity contribution in [3.8, 4) is 5.75 Å². The molecule has 0 radical (unpaired) electrons. The van der Waals surface area contributed by atoms with Gasteiger partial charge in [-0.2, -0.15) is 0 Å². The summed E-state index contributed by atoms with van der Waals surface area (Å²) in [6.07, 6.45) is 0. The lowest BCUT2D eigenvalue weighted by Crippen LogP contribution is -2.31. The van der Waals surface area contributed by atoms with Crippen molar-refractivity contribution in [2.45, 2.75) is 13.0 Å². The maximum atomic E-state index is 13.9. The molecule has 38 heavy (non-hydrogen) atoms. The van der Waals surface area contributed by atoms with Crippen molar-refractivity contribution in [2.75, 3.05) is 12.0 Å². The highest BCUT2D eigenvalue weighted by Crippen LogP contribution is 2.45. The lowest BCUT2D eigenvalue weighted by atomic mass is 9.94. The van der Waals surface area contributed by atoms with Crippen LogP contribution in [-0.2, 0) is 4.79 Å². The number of aliphatic hydroxyl groups excluding tert-OH is 1. The van der Waals surface area contributed by atoms with E-state index >= 15 is 0 Å². The SMILES string of the molecule is COc1cc(Cl)cc2cc(C(=O)C3=C(O)C(=O)N(c4nc5ccc(Cl)cc5s4)C3c3cccc(C)c3)oc12. The molecule has 5 aromatic rings. The van der Waals surface area contributed by atoms with Crippen molar-refractivity contribution in [1.82, 2.24) is 4.98 Å². The first-order valence-electron chi connectivity index (χ1n) is 11.5. The van der Waals surface area contributed by atoms with Crippen LogP contribution in [-0.4, -0.2) is 28.9 Å². The average Bonchev–Trinajstić information content (AvgIpc) is 3.57. The summed E-state index contributed by atoms with van der Waals surface area (Å²) in [4.78, 5) is 33.4. The summed E-state index contributed by atoms with van der Waals surface area (Å²) in [6.45, 7) is 1.91. The van der Waals surface area contributed by atoms with Crippen LogP contribution >= 0.6 is 34.5 Å². The molecule has 0 spiro atoms. The molecule has 0 saturated heterocycles. The zero-order valence-corrected chi connectivity index (χ0v) is 22.3. The Morgan fingerprint density at radius 1 is 1.11 bits per heavy atom. The Labute approximate surface area is 230 Å². The van der Waals surface area contributed by atoms with Crippen LogP contribution in [0.25, 0.3) is 21.2 Å². The van der Waals surface area contributed by atoms with E-state index in [0.29, 0.717) is 43.0 Å². The molecule has 0 saturated carbocycles. The molecule has 10 heteroatoms. The molecule has 1 unspecified atom stereocenters. The van der Waals surface area contributed by atoms with Crippen molar-refractivity contribution in [3.05, 3.63) is 98.9 Å². The molecule has 7 nitrogen and oxygen atoms in total. The highest BCUT2D eigenvalue weighted by Gasteiger charge is 2.46. The van der Waals surface area contributed by atoms with Crippen molar-refractivity contribution in [1.29, 1.82) is 0 Å². The van der Waals surface area contributed by atoms with Gasteiger partial charge in [0.2, 0.25) is 5.78 Å². The fraction of sp³-hybridized carbons (Fsp3) is 0.107. The maximum Gasteiger partial charge on any atom is 0.296 e. The van der Waals surface area contributed by atoms with Crippen LogP contribution in [0.15, 0.2) is 76.4 Å².